The predicted molar refractivity (Wildman–Crippen MR) is 132 cm³/mol. The van der Waals surface area contributed by atoms with Gasteiger partial charge >= 0.3 is 0 Å². The Morgan fingerprint density at radius 2 is 1.68 bits per heavy atom. The molecule has 1 N–H and O–H groups in total. The molecule has 0 bridgehead atoms. The standard InChI is InChI=1S/C25H34FN3O4S/c1-4-17-27-25(31)20(2)28(19-16-21-9-6-5-7-10-21)24(30)11-8-18-29(34(3,32)33)23-14-12-22(26)13-15-23/h5-7,9-10,12-15,20H,4,8,11,16-19H2,1-3H3,(H,27,31)/t20-/m0/s1. The number of carbonyl (C=O) groups is 2. The molecule has 0 heterocycles. The van der Waals surface area contributed by atoms with Gasteiger partial charge in [-0.25, -0.2) is 12.8 Å². The third-order valence-electron chi connectivity index (χ3n) is 5.47. The Morgan fingerprint density at radius 3 is 2.26 bits per heavy atom. The maximum absolute atomic E-state index is 13.3. The van der Waals surface area contributed by atoms with Crippen molar-refractivity contribution >= 4 is 27.5 Å². The van der Waals surface area contributed by atoms with Gasteiger partial charge in [-0.05, 0) is 56.0 Å². The minimum Gasteiger partial charge on any atom is -0.354 e. The molecule has 0 fully saturated rings. The van der Waals surface area contributed by atoms with Crippen molar-refractivity contribution in [3.63, 3.8) is 0 Å². The van der Waals surface area contributed by atoms with E-state index in [-0.39, 0.29) is 31.2 Å². The van der Waals surface area contributed by atoms with Gasteiger partial charge in [0.05, 0.1) is 11.9 Å². The minimum absolute atomic E-state index is 0.0686. The molecule has 0 aliphatic carbocycles. The first-order chi connectivity index (χ1) is 16.1. The van der Waals surface area contributed by atoms with Crippen molar-refractivity contribution in [2.75, 3.05) is 30.2 Å². The molecule has 0 saturated heterocycles. The van der Waals surface area contributed by atoms with E-state index in [1.54, 1.807) is 11.8 Å². The highest BCUT2D eigenvalue weighted by atomic mass is 32.2. The summed E-state index contributed by atoms with van der Waals surface area (Å²) in [4.78, 5) is 27.2. The van der Waals surface area contributed by atoms with Crippen LogP contribution < -0.4 is 9.62 Å². The van der Waals surface area contributed by atoms with Crippen molar-refractivity contribution in [2.24, 2.45) is 0 Å². The van der Waals surface area contributed by atoms with E-state index in [9.17, 15) is 22.4 Å². The van der Waals surface area contributed by atoms with E-state index >= 15 is 0 Å². The van der Waals surface area contributed by atoms with Crippen molar-refractivity contribution < 1.29 is 22.4 Å². The van der Waals surface area contributed by atoms with Crippen LogP contribution in [0, 0.1) is 5.82 Å². The van der Waals surface area contributed by atoms with E-state index in [1.165, 1.54) is 24.3 Å². The zero-order chi connectivity index (χ0) is 25.1. The number of benzene rings is 2. The molecule has 0 spiro atoms. The molecule has 2 rings (SSSR count). The molecule has 186 valence electrons. The fraction of sp³-hybridized carbons (Fsp3) is 0.440. The van der Waals surface area contributed by atoms with Crippen LogP contribution in [0.4, 0.5) is 10.1 Å². The molecule has 0 aromatic heterocycles. The number of nitrogens with zero attached hydrogens (tertiary/aromatic N) is 2. The van der Waals surface area contributed by atoms with Crippen molar-refractivity contribution in [2.45, 2.75) is 45.6 Å². The Hall–Kier alpha value is -2.94. The molecule has 7 nitrogen and oxygen atoms in total. The van der Waals surface area contributed by atoms with Crippen LogP contribution >= 0.6 is 0 Å². The van der Waals surface area contributed by atoms with E-state index < -0.39 is 21.9 Å². The van der Waals surface area contributed by atoms with Crippen molar-refractivity contribution in [3.8, 4) is 0 Å². The summed E-state index contributed by atoms with van der Waals surface area (Å²) in [6.45, 7) is 4.63. The number of carbonyl (C=O) groups excluding carboxylic acids is 2. The second-order valence-electron chi connectivity index (χ2n) is 8.20. The van der Waals surface area contributed by atoms with E-state index in [0.29, 0.717) is 25.2 Å². The summed E-state index contributed by atoms with van der Waals surface area (Å²) in [5, 5.41) is 2.83. The highest BCUT2D eigenvalue weighted by Gasteiger charge is 2.26. The van der Waals surface area contributed by atoms with Gasteiger partial charge in [-0.1, -0.05) is 37.3 Å². The third-order valence-corrected chi connectivity index (χ3v) is 6.66. The predicted octanol–water partition coefficient (Wildman–Crippen LogP) is 3.36. The van der Waals surface area contributed by atoms with Gasteiger partial charge in [0.15, 0.2) is 0 Å². The summed E-state index contributed by atoms with van der Waals surface area (Å²) < 4.78 is 38.9. The number of rotatable bonds is 13. The zero-order valence-corrected chi connectivity index (χ0v) is 20.9. The van der Waals surface area contributed by atoms with Gasteiger partial charge in [-0.2, -0.15) is 0 Å². The number of amides is 2. The quantitative estimate of drug-likeness (QED) is 0.466. The Labute approximate surface area is 202 Å². The average Bonchev–Trinajstić information content (AvgIpc) is 2.81. The SMILES string of the molecule is CCCNC(=O)[C@H](C)N(CCc1ccccc1)C(=O)CCCN(c1ccc(F)cc1)S(C)(=O)=O. The number of halogens is 1. The fourth-order valence-electron chi connectivity index (χ4n) is 3.58. The van der Waals surface area contributed by atoms with Gasteiger partial charge in [0, 0.05) is 26.1 Å². The van der Waals surface area contributed by atoms with Crippen LogP contribution in [0.25, 0.3) is 0 Å². The van der Waals surface area contributed by atoms with Crippen LogP contribution in [0.15, 0.2) is 54.6 Å². The number of anilines is 1. The number of nitrogens with one attached hydrogen (secondary N) is 1. The van der Waals surface area contributed by atoms with Gasteiger partial charge in [0.25, 0.3) is 0 Å². The summed E-state index contributed by atoms with van der Waals surface area (Å²) in [7, 11) is -3.61. The lowest BCUT2D eigenvalue weighted by atomic mass is 10.1. The third kappa shape index (κ3) is 8.44. The minimum atomic E-state index is -3.61. The molecule has 34 heavy (non-hydrogen) atoms. The first-order valence-corrected chi connectivity index (χ1v) is 13.3. The number of hydrogen-bond acceptors (Lipinski definition) is 4. The highest BCUT2D eigenvalue weighted by Crippen LogP contribution is 2.19. The topological polar surface area (TPSA) is 86.8 Å². The van der Waals surface area contributed by atoms with Gasteiger partial charge in [-0.15, -0.1) is 0 Å². The van der Waals surface area contributed by atoms with Crippen molar-refractivity contribution in [3.05, 3.63) is 66.0 Å². The molecule has 0 unspecified atom stereocenters. The summed E-state index contributed by atoms with van der Waals surface area (Å²) in [5.41, 5.74) is 1.39. The molecular weight excluding hydrogens is 457 g/mol. The van der Waals surface area contributed by atoms with Crippen LogP contribution in [-0.2, 0) is 26.0 Å². The highest BCUT2D eigenvalue weighted by molar-refractivity contribution is 7.92. The van der Waals surface area contributed by atoms with Crippen LogP contribution in [-0.4, -0.2) is 57.1 Å². The summed E-state index contributed by atoms with van der Waals surface area (Å²) in [6, 6.07) is 14.2. The Balaban J connectivity index is 2.08. The molecule has 0 aliphatic rings. The van der Waals surface area contributed by atoms with Gasteiger partial charge in [0.1, 0.15) is 11.9 Å². The molecule has 9 heteroatoms. The van der Waals surface area contributed by atoms with Crippen LogP contribution in [0.3, 0.4) is 0 Å². The lowest BCUT2D eigenvalue weighted by Crippen LogP contribution is -2.49. The first kappa shape index (κ1) is 27.3. The molecule has 2 aromatic carbocycles. The van der Waals surface area contributed by atoms with Gasteiger partial charge in [-0.3, -0.25) is 13.9 Å². The molecule has 2 aromatic rings. The second-order valence-corrected chi connectivity index (χ2v) is 10.1. The Bertz CT molecular complexity index is 1030. The van der Waals surface area contributed by atoms with Crippen LogP contribution in [0.2, 0.25) is 0 Å². The van der Waals surface area contributed by atoms with Crippen LogP contribution in [0.1, 0.15) is 38.7 Å². The number of sulfonamides is 1. The summed E-state index contributed by atoms with van der Waals surface area (Å²) in [5.74, 6) is -0.897. The maximum atomic E-state index is 13.3. The van der Waals surface area contributed by atoms with E-state index in [4.69, 9.17) is 0 Å². The van der Waals surface area contributed by atoms with Gasteiger partial charge in [0.2, 0.25) is 21.8 Å². The summed E-state index contributed by atoms with van der Waals surface area (Å²) >= 11 is 0. The van der Waals surface area contributed by atoms with Crippen LogP contribution in [0.5, 0.6) is 0 Å². The van der Waals surface area contributed by atoms with Gasteiger partial charge < -0.3 is 10.2 Å². The molecule has 0 saturated carbocycles. The summed E-state index contributed by atoms with van der Waals surface area (Å²) in [6.07, 6.45) is 2.80. The smallest absolute Gasteiger partial charge is 0.242 e. The fourth-order valence-corrected chi connectivity index (χ4v) is 4.54. The molecule has 1 atom stereocenters. The van der Waals surface area contributed by atoms with E-state index in [2.05, 4.69) is 5.32 Å². The zero-order valence-electron chi connectivity index (χ0n) is 20.0. The largest absolute Gasteiger partial charge is 0.354 e. The Morgan fingerprint density at radius 1 is 1.03 bits per heavy atom. The van der Waals surface area contributed by atoms with Crippen molar-refractivity contribution in [1.29, 1.82) is 0 Å². The van der Waals surface area contributed by atoms with E-state index in [0.717, 1.165) is 22.5 Å². The normalized spacial score (nSPS) is 12.1. The number of hydrogen-bond donors (Lipinski definition) is 1. The molecule has 0 radical (unpaired) electrons. The molecule has 2 amide bonds. The maximum Gasteiger partial charge on any atom is 0.242 e. The van der Waals surface area contributed by atoms with E-state index in [1.807, 2.05) is 37.3 Å². The average molecular weight is 492 g/mol. The van der Waals surface area contributed by atoms with Crippen molar-refractivity contribution in [1.82, 2.24) is 10.2 Å². The second kappa shape index (κ2) is 13.1. The lowest BCUT2D eigenvalue weighted by Gasteiger charge is -2.29. The first-order valence-electron chi connectivity index (χ1n) is 11.5. The monoisotopic (exact) mass is 491 g/mol. The molecule has 0 aliphatic heterocycles. The molecular formula is C25H34FN3O4S. The Kier molecular flexibility index (Phi) is 10.5. The lowest BCUT2D eigenvalue weighted by molar-refractivity contribution is -0.139.